The lowest BCUT2D eigenvalue weighted by molar-refractivity contribution is 0.559. The van der Waals surface area contributed by atoms with Crippen molar-refractivity contribution in [2.45, 2.75) is 71.1 Å². The van der Waals surface area contributed by atoms with Gasteiger partial charge in [0.05, 0.1) is 5.69 Å². The lowest BCUT2D eigenvalue weighted by Gasteiger charge is -2.08. The van der Waals surface area contributed by atoms with Gasteiger partial charge in [0.1, 0.15) is 5.82 Å². The van der Waals surface area contributed by atoms with E-state index in [-0.39, 0.29) is 5.82 Å². The van der Waals surface area contributed by atoms with Crippen LogP contribution >= 0.6 is 15.9 Å². The van der Waals surface area contributed by atoms with E-state index in [1.165, 1.54) is 63.9 Å². The molecular weight excluding hydrogens is 329 g/mol. The first-order valence-corrected chi connectivity index (χ1v) is 9.22. The Kier molecular flexibility index (Phi) is 10.6. The van der Waals surface area contributed by atoms with Crippen LogP contribution < -0.4 is 5.32 Å². The molecule has 3 heteroatoms. The molecule has 120 valence electrons. The number of rotatable bonds is 12. The summed E-state index contributed by atoms with van der Waals surface area (Å²) in [6, 6.07) is 5.01. The molecule has 0 unspecified atom stereocenters. The second kappa shape index (κ2) is 12.0. The minimum absolute atomic E-state index is 0.176. The van der Waals surface area contributed by atoms with Gasteiger partial charge in [-0.2, -0.15) is 0 Å². The Labute approximate surface area is 137 Å². The summed E-state index contributed by atoms with van der Waals surface area (Å²) in [4.78, 5) is 0. The molecule has 0 spiro atoms. The molecule has 0 saturated heterocycles. The maximum atomic E-state index is 13.5. The largest absolute Gasteiger partial charge is 0.383 e. The van der Waals surface area contributed by atoms with E-state index in [0.29, 0.717) is 5.69 Å². The molecule has 0 heterocycles. The molecule has 21 heavy (non-hydrogen) atoms. The normalized spacial score (nSPS) is 10.8. The van der Waals surface area contributed by atoms with Crippen LogP contribution in [0.3, 0.4) is 0 Å². The fraction of sp³-hybridized carbons (Fsp3) is 0.667. The predicted octanol–water partition coefficient (Wildman–Crippen LogP) is 6.92. The summed E-state index contributed by atoms with van der Waals surface area (Å²) in [5, 5.41) is 3.17. The first kappa shape index (κ1) is 18.5. The lowest BCUT2D eigenvalue weighted by Crippen LogP contribution is -2.03. The van der Waals surface area contributed by atoms with Gasteiger partial charge in [-0.25, -0.2) is 4.39 Å². The third-order valence-electron chi connectivity index (χ3n) is 3.77. The van der Waals surface area contributed by atoms with Crippen molar-refractivity contribution in [1.29, 1.82) is 0 Å². The molecule has 1 rings (SSSR count). The van der Waals surface area contributed by atoms with E-state index >= 15 is 0 Å². The lowest BCUT2D eigenvalue weighted by atomic mass is 10.1. The van der Waals surface area contributed by atoms with Gasteiger partial charge in [0, 0.05) is 11.0 Å². The smallest absolute Gasteiger partial charge is 0.146 e. The Morgan fingerprint density at radius 3 is 2.10 bits per heavy atom. The highest BCUT2D eigenvalue weighted by molar-refractivity contribution is 9.10. The van der Waals surface area contributed by atoms with E-state index in [2.05, 4.69) is 28.2 Å². The first-order chi connectivity index (χ1) is 10.2. The summed E-state index contributed by atoms with van der Waals surface area (Å²) in [5.74, 6) is -0.176. The standard InChI is InChI=1S/C18H29BrFN/c1-2-3-4-5-6-7-8-9-10-11-14-21-18-15-16(19)12-13-17(18)20/h12-13,15,21H,2-11,14H2,1H3. The number of anilines is 1. The van der Waals surface area contributed by atoms with Crippen molar-refractivity contribution >= 4 is 21.6 Å². The summed E-state index contributed by atoms with van der Waals surface area (Å²) in [6.07, 6.45) is 13.3. The molecule has 0 amide bonds. The van der Waals surface area contributed by atoms with Gasteiger partial charge in [0.25, 0.3) is 0 Å². The van der Waals surface area contributed by atoms with E-state index < -0.39 is 0 Å². The molecule has 0 aliphatic rings. The van der Waals surface area contributed by atoms with E-state index in [4.69, 9.17) is 0 Å². The molecule has 0 saturated carbocycles. The van der Waals surface area contributed by atoms with Crippen LogP contribution in [0.1, 0.15) is 71.1 Å². The summed E-state index contributed by atoms with van der Waals surface area (Å²) < 4.78 is 14.4. The molecule has 1 N–H and O–H groups in total. The van der Waals surface area contributed by atoms with Gasteiger partial charge in [-0.1, -0.05) is 80.6 Å². The summed E-state index contributed by atoms with van der Waals surface area (Å²) in [6.45, 7) is 3.11. The fourth-order valence-corrected chi connectivity index (χ4v) is 2.83. The van der Waals surface area contributed by atoms with Crippen LogP contribution in [0, 0.1) is 5.82 Å². The Morgan fingerprint density at radius 2 is 1.48 bits per heavy atom. The molecule has 1 aromatic carbocycles. The van der Waals surface area contributed by atoms with Gasteiger partial charge in [0.15, 0.2) is 0 Å². The van der Waals surface area contributed by atoms with Gasteiger partial charge in [-0.05, 0) is 24.6 Å². The number of hydrogen-bond donors (Lipinski definition) is 1. The van der Waals surface area contributed by atoms with Crippen molar-refractivity contribution < 1.29 is 4.39 Å². The van der Waals surface area contributed by atoms with Crippen LogP contribution in [0.25, 0.3) is 0 Å². The highest BCUT2D eigenvalue weighted by Crippen LogP contribution is 2.20. The average molecular weight is 358 g/mol. The van der Waals surface area contributed by atoms with Crippen LogP contribution in [-0.2, 0) is 0 Å². The van der Waals surface area contributed by atoms with E-state index in [1.54, 1.807) is 12.1 Å². The second-order valence-corrected chi connectivity index (χ2v) is 6.65. The molecule has 0 bridgehead atoms. The Hall–Kier alpha value is -0.570. The van der Waals surface area contributed by atoms with Crippen molar-refractivity contribution in [3.63, 3.8) is 0 Å². The van der Waals surface area contributed by atoms with Crippen molar-refractivity contribution in [2.24, 2.45) is 0 Å². The highest BCUT2D eigenvalue weighted by Gasteiger charge is 2.01. The number of halogens is 2. The topological polar surface area (TPSA) is 12.0 Å². The molecule has 1 aromatic rings. The summed E-state index contributed by atoms with van der Waals surface area (Å²) >= 11 is 3.36. The van der Waals surface area contributed by atoms with Crippen molar-refractivity contribution in [3.8, 4) is 0 Å². The minimum Gasteiger partial charge on any atom is -0.383 e. The van der Waals surface area contributed by atoms with Gasteiger partial charge in [-0.15, -0.1) is 0 Å². The van der Waals surface area contributed by atoms with E-state index in [9.17, 15) is 4.39 Å². The van der Waals surface area contributed by atoms with Crippen molar-refractivity contribution in [2.75, 3.05) is 11.9 Å². The van der Waals surface area contributed by atoms with Crippen LogP contribution in [0.2, 0.25) is 0 Å². The molecule has 0 radical (unpaired) electrons. The van der Waals surface area contributed by atoms with Crippen LogP contribution in [-0.4, -0.2) is 6.54 Å². The predicted molar refractivity (Wildman–Crippen MR) is 94.4 cm³/mol. The number of nitrogens with one attached hydrogen (secondary N) is 1. The van der Waals surface area contributed by atoms with Gasteiger partial charge in [0.2, 0.25) is 0 Å². The third-order valence-corrected chi connectivity index (χ3v) is 4.27. The molecule has 1 nitrogen and oxygen atoms in total. The monoisotopic (exact) mass is 357 g/mol. The zero-order valence-electron chi connectivity index (χ0n) is 13.3. The maximum Gasteiger partial charge on any atom is 0.146 e. The van der Waals surface area contributed by atoms with Crippen LogP contribution in [0.5, 0.6) is 0 Å². The zero-order chi connectivity index (χ0) is 15.3. The number of unbranched alkanes of at least 4 members (excludes halogenated alkanes) is 9. The second-order valence-electron chi connectivity index (χ2n) is 5.73. The quantitative estimate of drug-likeness (QED) is 0.400. The third kappa shape index (κ3) is 9.13. The maximum absolute atomic E-state index is 13.5. The van der Waals surface area contributed by atoms with Crippen LogP contribution in [0.15, 0.2) is 22.7 Å². The first-order valence-electron chi connectivity index (χ1n) is 8.43. The number of hydrogen-bond acceptors (Lipinski definition) is 1. The Bertz CT molecular complexity index is 381. The van der Waals surface area contributed by atoms with Gasteiger partial charge < -0.3 is 5.32 Å². The van der Waals surface area contributed by atoms with Gasteiger partial charge >= 0.3 is 0 Å². The van der Waals surface area contributed by atoms with Crippen molar-refractivity contribution in [3.05, 3.63) is 28.5 Å². The van der Waals surface area contributed by atoms with E-state index in [1.807, 2.05) is 0 Å². The molecule has 0 aliphatic heterocycles. The van der Waals surface area contributed by atoms with Gasteiger partial charge in [-0.3, -0.25) is 0 Å². The summed E-state index contributed by atoms with van der Waals surface area (Å²) in [7, 11) is 0. The minimum atomic E-state index is -0.176. The molecule has 0 aliphatic carbocycles. The molecular formula is C18H29BrFN. The Balaban J connectivity index is 1.94. The molecule has 0 fully saturated rings. The fourth-order valence-electron chi connectivity index (χ4n) is 2.47. The molecule has 0 aromatic heterocycles. The Morgan fingerprint density at radius 1 is 0.905 bits per heavy atom. The number of benzene rings is 1. The van der Waals surface area contributed by atoms with Crippen molar-refractivity contribution in [1.82, 2.24) is 0 Å². The highest BCUT2D eigenvalue weighted by atomic mass is 79.9. The molecule has 0 atom stereocenters. The van der Waals surface area contributed by atoms with E-state index in [0.717, 1.165) is 17.4 Å². The summed E-state index contributed by atoms with van der Waals surface area (Å²) in [5.41, 5.74) is 0.597. The SMILES string of the molecule is CCCCCCCCCCCCNc1cc(Br)ccc1F. The zero-order valence-corrected chi connectivity index (χ0v) is 14.9. The van der Waals surface area contributed by atoms with Crippen LogP contribution in [0.4, 0.5) is 10.1 Å². The average Bonchev–Trinajstić information content (AvgIpc) is 2.48.